The number of amides is 1. The van der Waals surface area contributed by atoms with E-state index in [1.165, 1.54) is 24.0 Å². The van der Waals surface area contributed by atoms with Gasteiger partial charge in [0.25, 0.3) is 0 Å². The number of rotatable bonds is 5. The van der Waals surface area contributed by atoms with Gasteiger partial charge in [0.2, 0.25) is 5.91 Å². The number of likely N-dealkylation sites (N-methyl/N-ethyl adjacent to an activating group) is 1. The van der Waals surface area contributed by atoms with Crippen molar-refractivity contribution < 1.29 is 4.79 Å². The summed E-state index contributed by atoms with van der Waals surface area (Å²) in [5, 5.41) is 3.18. The number of carbonyl (C=O) groups excluding carboxylic acids is 1. The molecule has 0 aliphatic heterocycles. The fraction of sp³-hybridized carbons (Fsp3) is 0.588. The van der Waals surface area contributed by atoms with Crippen molar-refractivity contribution in [3.63, 3.8) is 0 Å². The molecule has 1 N–H and O–H groups in total. The van der Waals surface area contributed by atoms with E-state index in [1.807, 2.05) is 14.0 Å². The van der Waals surface area contributed by atoms with Crippen LogP contribution in [0.2, 0.25) is 0 Å². The van der Waals surface area contributed by atoms with Gasteiger partial charge in [0.1, 0.15) is 0 Å². The van der Waals surface area contributed by atoms with Crippen LogP contribution in [-0.2, 0) is 11.3 Å². The normalized spacial score (nSPS) is 17.4. The lowest BCUT2D eigenvalue weighted by atomic mass is 10.1. The van der Waals surface area contributed by atoms with Gasteiger partial charge in [-0.05, 0) is 44.9 Å². The molecule has 1 unspecified atom stereocenters. The highest BCUT2D eigenvalue weighted by molar-refractivity contribution is 5.81. The lowest BCUT2D eigenvalue weighted by Crippen LogP contribution is -2.46. The fourth-order valence-corrected chi connectivity index (χ4v) is 2.79. The highest BCUT2D eigenvalue weighted by Gasteiger charge is 2.23. The maximum absolute atomic E-state index is 12.3. The molecule has 1 aromatic carbocycles. The van der Waals surface area contributed by atoms with Crippen LogP contribution in [0.3, 0.4) is 0 Å². The zero-order chi connectivity index (χ0) is 14.5. The van der Waals surface area contributed by atoms with Crippen molar-refractivity contribution in [1.29, 1.82) is 0 Å². The lowest BCUT2D eigenvalue weighted by molar-refractivity contribution is -0.126. The molecule has 0 bridgehead atoms. The van der Waals surface area contributed by atoms with Crippen LogP contribution in [0.25, 0.3) is 0 Å². The Kier molecular flexibility index (Phi) is 5.18. The number of hydrogen-bond acceptors (Lipinski definition) is 2. The Balaban J connectivity index is 1.89. The molecule has 1 amide bonds. The third-order valence-electron chi connectivity index (χ3n) is 4.42. The Morgan fingerprint density at radius 3 is 2.65 bits per heavy atom. The molecule has 3 nitrogen and oxygen atoms in total. The average Bonchev–Trinajstić information content (AvgIpc) is 2.93. The van der Waals surface area contributed by atoms with E-state index in [1.54, 1.807) is 0 Å². The van der Waals surface area contributed by atoms with Gasteiger partial charge in [-0.3, -0.25) is 9.69 Å². The van der Waals surface area contributed by atoms with Gasteiger partial charge in [0.05, 0.1) is 6.04 Å². The van der Waals surface area contributed by atoms with E-state index in [4.69, 9.17) is 0 Å². The third-order valence-corrected chi connectivity index (χ3v) is 4.42. The van der Waals surface area contributed by atoms with Gasteiger partial charge in [-0.1, -0.05) is 37.1 Å². The first-order valence-corrected chi connectivity index (χ1v) is 7.63. The maximum atomic E-state index is 12.3. The van der Waals surface area contributed by atoms with Gasteiger partial charge in [-0.2, -0.15) is 0 Å². The minimum Gasteiger partial charge on any atom is -0.352 e. The van der Waals surface area contributed by atoms with Gasteiger partial charge >= 0.3 is 0 Å². The van der Waals surface area contributed by atoms with Crippen molar-refractivity contribution in [2.75, 3.05) is 7.05 Å². The number of hydrogen-bond donors (Lipinski definition) is 1. The molecule has 1 fully saturated rings. The van der Waals surface area contributed by atoms with Crippen molar-refractivity contribution >= 4 is 5.91 Å². The van der Waals surface area contributed by atoms with Gasteiger partial charge in [0.15, 0.2) is 0 Å². The minimum atomic E-state index is -0.0878. The lowest BCUT2D eigenvalue weighted by Gasteiger charge is -2.26. The van der Waals surface area contributed by atoms with E-state index in [9.17, 15) is 4.79 Å². The summed E-state index contributed by atoms with van der Waals surface area (Å²) in [5.41, 5.74) is 2.57. The van der Waals surface area contributed by atoms with Crippen molar-refractivity contribution in [2.24, 2.45) is 0 Å². The molecule has 3 heteroatoms. The van der Waals surface area contributed by atoms with Crippen LogP contribution in [0, 0.1) is 6.92 Å². The zero-order valence-electron chi connectivity index (χ0n) is 12.9. The highest BCUT2D eigenvalue weighted by atomic mass is 16.2. The maximum Gasteiger partial charge on any atom is 0.237 e. The number of nitrogens with one attached hydrogen (secondary N) is 1. The van der Waals surface area contributed by atoms with E-state index >= 15 is 0 Å². The van der Waals surface area contributed by atoms with Gasteiger partial charge in [-0.25, -0.2) is 0 Å². The number of nitrogens with zero attached hydrogens (tertiary/aromatic N) is 1. The molecule has 0 heterocycles. The first-order chi connectivity index (χ1) is 9.58. The molecule has 1 atom stereocenters. The second-order valence-electron chi connectivity index (χ2n) is 6.01. The number of benzene rings is 1. The molecule has 20 heavy (non-hydrogen) atoms. The minimum absolute atomic E-state index is 0.0878. The average molecular weight is 274 g/mol. The summed E-state index contributed by atoms with van der Waals surface area (Å²) in [7, 11) is 2.02. The van der Waals surface area contributed by atoms with Crippen LogP contribution >= 0.6 is 0 Å². The number of carbonyl (C=O) groups is 1. The first-order valence-electron chi connectivity index (χ1n) is 7.63. The largest absolute Gasteiger partial charge is 0.352 e. The monoisotopic (exact) mass is 274 g/mol. The Morgan fingerprint density at radius 1 is 1.35 bits per heavy atom. The van der Waals surface area contributed by atoms with Gasteiger partial charge < -0.3 is 5.32 Å². The third kappa shape index (κ3) is 3.83. The van der Waals surface area contributed by atoms with Crippen LogP contribution in [0.4, 0.5) is 0 Å². The van der Waals surface area contributed by atoms with Crippen LogP contribution in [0.5, 0.6) is 0 Å². The summed E-state index contributed by atoms with van der Waals surface area (Å²) in [6.07, 6.45) is 4.77. The zero-order valence-corrected chi connectivity index (χ0v) is 12.9. The molecular weight excluding hydrogens is 248 g/mol. The molecule has 1 aliphatic rings. The van der Waals surface area contributed by atoms with Crippen LogP contribution in [-0.4, -0.2) is 29.9 Å². The first kappa shape index (κ1) is 15.0. The SMILES string of the molecule is Cc1ccccc1CN(C)C(C)C(=O)NC1CCCC1. The summed E-state index contributed by atoms with van der Waals surface area (Å²) >= 11 is 0. The molecule has 0 saturated heterocycles. The summed E-state index contributed by atoms with van der Waals surface area (Å²) in [4.78, 5) is 14.4. The van der Waals surface area contributed by atoms with Crippen molar-refractivity contribution in [2.45, 2.75) is 58.2 Å². The van der Waals surface area contributed by atoms with Crippen LogP contribution in [0.1, 0.15) is 43.7 Å². The number of aryl methyl sites for hydroxylation is 1. The summed E-state index contributed by atoms with van der Waals surface area (Å²) < 4.78 is 0. The second kappa shape index (κ2) is 6.89. The molecule has 0 aromatic heterocycles. The molecule has 1 saturated carbocycles. The van der Waals surface area contributed by atoms with E-state index < -0.39 is 0 Å². The summed E-state index contributed by atoms with van der Waals surface area (Å²) in [6.45, 7) is 4.92. The summed E-state index contributed by atoms with van der Waals surface area (Å²) in [6, 6.07) is 8.67. The van der Waals surface area contributed by atoms with Crippen molar-refractivity contribution in [1.82, 2.24) is 10.2 Å². The summed E-state index contributed by atoms with van der Waals surface area (Å²) in [5.74, 6) is 0.160. The van der Waals surface area contributed by atoms with E-state index in [0.29, 0.717) is 6.04 Å². The molecule has 110 valence electrons. The van der Waals surface area contributed by atoms with E-state index in [2.05, 4.69) is 41.4 Å². The van der Waals surface area contributed by atoms with Crippen LogP contribution < -0.4 is 5.32 Å². The molecule has 2 rings (SSSR count). The molecule has 1 aliphatic carbocycles. The molecule has 1 aromatic rings. The Labute approximate surface area is 122 Å². The smallest absolute Gasteiger partial charge is 0.237 e. The van der Waals surface area contributed by atoms with Crippen LogP contribution in [0.15, 0.2) is 24.3 Å². The quantitative estimate of drug-likeness (QED) is 0.895. The van der Waals surface area contributed by atoms with Crippen molar-refractivity contribution in [3.05, 3.63) is 35.4 Å². The Morgan fingerprint density at radius 2 is 2.00 bits per heavy atom. The van der Waals surface area contributed by atoms with Gasteiger partial charge in [-0.15, -0.1) is 0 Å². The fourth-order valence-electron chi connectivity index (χ4n) is 2.79. The standard InChI is InChI=1S/C17H26N2O/c1-13-8-4-5-9-15(13)12-19(3)14(2)17(20)18-16-10-6-7-11-16/h4-5,8-9,14,16H,6-7,10-12H2,1-3H3,(H,18,20). The van der Waals surface area contributed by atoms with Crippen molar-refractivity contribution in [3.8, 4) is 0 Å². The topological polar surface area (TPSA) is 32.3 Å². The predicted molar refractivity (Wildman–Crippen MR) is 82.5 cm³/mol. The second-order valence-corrected chi connectivity index (χ2v) is 6.01. The predicted octanol–water partition coefficient (Wildman–Crippen LogP) is 2.87. The van der Waals surface area contributed by atoms with E-state index in [0.717, 1.165) is 19.4 Å². The molecule has 0 spiro atoms. The molecular formula is C17H26N2O. The Hall–Kier alpha value is -1.35. The molecule has 0 radical (unpaired) electrons. The highest BCUT2D eigenvalue weighted by Crippen LogP contribution is 2.18. The Bertz CT molecular complexity index is 452. The van der Waals surface area contributed by atoms with Gasteiger partial charge in [0, 0.05) is 12.6 Å². The van der Waals surface area contributed by atoms with E-state index in [-0.39, 0.29) is 11.9 Å².